The third-order valence-corrected chi connectivity index (χ3v) is 5.32. The molecule has 0 spiro atoms. The Labute approximate surface area is 188 Å². The minimum absolute atomic E-state index is 0.328. The van der Waals surface area contributed by atoms with Gasteiger partial charge in [-0.3, -0.25) is 9.59 Å². The van der Waals surface area contributed by atoms with E-state index < -0.39 is 6.04 Å². The van der Waals surface area contributed by atoms with Crippen LogP contribution in [-0.2, 0) is 4.79 Å². The van der Waals surface area contributed by atoms with Crippen molar-refractivity contribution in [2.45, 2.75) is 13.0 Å². The van der Waals surface area contributed by atoms with Crippen LogP contribution in [0.1, 0.15) is 18.5 Å². The summed E-state index contributed by atoms with van der Waals surface area (Å²) in [6, 6.07) is 16.6. The molecular formula is C24H18ClN5O2. The molecule has 4 rings (SSSR count). The molecule has 0 saturated heterocycles. The van der Waals surface area contributed by atoms with Crippen molar-refractivity contribution in [2.75, 3.05) is 5.32 Å². The van der Waals surface area contributed by atoms with Crippen molar-refractivity contribution in [3.8, 4) is 28.6 Å². The highest BCUT2D eigenvalue weighted by Gasteiger charge is 2.17. The lowest BCUT2D eigenvalue weighted by Crippen LogP contribution is -2.30. The Kier molecular flexibility index (Phi) is 5.88. The average Bonchev–Trinajstić information content (AvgIpc) is 3.34. The van der Waals surface area contributed by atoms with Gasteiger partial charge in [0.1, 0.15) is 11.9 Å². The van der Waals surface area contributed by atoms with Crippen LogP contribution in [0.5, 0.6) is 0 Å². The van der Waals surface area contributed by atoms with Gasteiger partial charge in [-0.25, -0.2) is 4.98 Å². The molecule has 0 bridgehead atoms. The number of nitriles is 1. The average molecular weight is 444 g/mol. The van der Waals surface area contributed by atoms with Crippen LogP contribution in [-0.4, -0.2) is 20.4 Å². The second kappa shape index (κ2) is 8.92. The van der Waals surface area contributed by atoms with Gasteiger partial charge in [0.05, 0.1) is 11.6 Å². The Balaban J connectivity index is 1.53. The van der Waals surface area contributed by atoms with Crippen molar-refractivity contribution in [1.29, 1.82) is 5.26 Å². The smallest absolute Gasteiger partial charge is 0.251 e. The summed E-state index contributed by atoms with van der Waals surface area (Å²) in [5.74, 6) is 0.410. The maximum absolute atomic E-state index is 12.7. The zero-order valence-electron chi connectivity index (χ0n) is 17.0. The zero-order chi connectivity index (χ0) is 22.7. The molecule has 1 atom stereocenters. The van der Waals surface area contributed by atoms with E-state index in [0.29, 0.717) is 27.4 Å². The maximum atomic E-state index is 12.7. The maximum Gasteiger partial charge on any atom is 0.251 e. The quantitative estimate of drug-likeness (QED) is 0.469. The molecule has 0 aliphatic rings. The molecule has 32 heavy (non-hydrogen) atoms. The van der Waals surface area contributed by atoms with Crippen molar-refractivity contribution in [1.82, 2.24) is 14.5 Å². The summed E-state index contributed by atoms with van der Waals surface area (Å²) < 4.78 is 1.34. The molecule has 7 nitrogen and oxygen atoms in total. The van der Waals surface area contributed by atoms with Crippen LogP contribution in [0.25, 0.3) is 22.5 Å². The molecule has 1 unspecified atom stereocenters. The Morgan fingerprint density at radius 3 is 2.59 bits per heavy atom. The number of imidazole rings is 1. The van der Waals surface area contributed by atoms with Gasteiger partial charge >= 0.3 is 0 Å². The Hall–Kier alpha value is -4.15. The third-order valence-electron chi connectivity index (χ3n) is 5.08. The van der Waals surface area contributed by atoms with Crippen LogP contribution in [0.3, 0.4) is 0 Å². The van der Waals surface area contributed by atoms with Gasteiger partial charge in [0, 0.05) is 46.5 Å². The predicted octanol–water partition coefficient (Wildman–Crippen LogP) is 4.63. The second-order valence-electron chi connectivity index (χ2n) is 7.14. The van der Waals surface area contributed by atoms with Gasteiger partial charge < -0.3 is 14.9 Å². The number of aromatic nitrogens is 3. The largest absolute Gasteiger partial charge is 0.345 e. The van der Waals surface area contributed by atoms with Gasteiger partial charge in [0.25, 0.3) is 5.56 Å². The summed E-state index contributed by atoms with van der Waals surface area (Å²) in [5, 5.41) is 12.6. The molecule has 4 aromatic rings. The SMILES string of the molecule is CC(C(=O)Nc1ccc(-c2ncc[nH]2)cc1)n1ccc(-c2cc(Cl)ccc2C#N)cc1=O. The number of nitrogens with zero attached hydrogens (tertiary/aromatic N) is 3. The summed E-state index contributed by atoms with van der Waals surface area (Å²) in [6.45, 7) is 1.65. The van der Waals surface area contributed by atoms with Crippen molar-refractivity contribution in [2.24, 2.45) is 0 Å². The number of H-pyrrole nitrogens is 1. The fourth-order valence-corrected chi connectivity index (χ4v) is 3.51. The van der Waals surface area contributed by atoms with Crippen LogP contribution in [0, 0.1) is 11.3 Å². The molecule has 2 heterocycles. The standard InChI is InChI=1S/C24H18ClN5O2/c1-15(24(32)29-20-6-3-16(4-7-20)23-27-9-10-28-23)30-11-8-17(12-22(30)31)21-13-19(25)5-2-18(21)14-26/h2-13,15H,1H3,(H,27,28)(H,29,32). The molecule has 0 fully saturated rings. The fraction of sp³-hybridized carbons (Fsp3) is 0.0833. The molecular weight excluding hydrogens is 426 g/mol. The highest BCUT2D eigenvalue weighted by molar-refractivity contribution is 6.30. The zero-order valence-corrected chi connectivity index (χ0v) is 17.8. The van der Waals surface area contributed by atoms with E-state index >= 15 is 0 Å². The van der Waals surface area contributed by atoms with Gasteiger partial charge in [-0.1, -0.05) is 11.6 Å². The number of halogens is 1. The molecule has 0 saturated carbocycles. The van der Waals surface area contributed by atoms with Crippen molar-refractivity contribution in [3.05, 3.63) is 94.1 Å². The van der Waals surface area contributed by atoms with E-state index in [9.17, 15) is 14.9 Å². The molecule has 0 aliphatic heterocycles. The summed E-state index contributed by atoms with van der Waals surface area (Å²) >= 11 is 6.05. The number of aromatic amines is 1. The number of nitrogens with one attached hydrogen (secondary N) is 2. The summed E-state index contributed by atoms with van der Waals surface area (Å²) in [4.78, 5) is 32.7. The van der Waals surface area contributed by atoms with Crippen molar-refractivity contribution in [3.63, 3.8) is 0 Å². The molecule has 1 amide bonds. The van der Waals surface area contributed by atoms with Crippen molar-refractivity contribution < 1.29 is 4.79 Å². The van der Waals surface area contributed by atoms with Crippen LogP contribution >= 0.6 is 11.6 Å². The van der Waals surface area contributed by atoms with E-state index in [1.807, 2.05) is 12.1 Å². The number of hydrogen-bond acceptors (Lipinski definition) is 4. The molecule has 0 aliphatic carbocycles. The van der Waals surface area contributed by atoms with Crippen LogP contribution < -0.4 is 10.9 Å². The van der Waals surface area contributed by atoms with Crippen LogP contribution in [0.2, 0.25) is 5.02 Å². The van der Waals surface area contributed by atoms with Gasteiger partial charge in [0.2, 0.25) is 5.91 Å². The summed E-state index contributed by atoms with van der Waals surface area (Å²) in [5.41, 5.74) is 2.69. The van der Waals surface area contributed by atoms with Gasteiger partial charge in [-0.05, 0) is 61.0 Å². The minimum Gasteiger partial charge on any atom is -0.345 e. The lowest BCUT2D eigenvalue weighted by Gasteiger charge is -2.16. The Morgan fingerprint density at radius 1 is 1.16 bits per heavy atom. The highest BCUT2D eigenvalue weighted by atomic mass is 35.5. The predicted molar refractivity (Wildman–Crippen MR) is 123 cm³/mol. The number of amides is 1. The molecule has 2 N–H and O–H groups in total. The van der Waals surface area contributed by atoms with E-state index in [-0.39, 0.29) is 11.5 Å². The van der Waals surface area contributed by atoms with Gasteiger partial charge in [-0.15, -0.1) is 0 Å². The number of pyridine rings is 1. The van der Waals surface area contributed by atoms with E-state index in [0.717, 1.165) is 11.4 Å². The monoisotopic (exact) mass is 443 g/mol. The summed E-state index contributed by atoms with van der Waals surface area (Å²) in [7, 11) is 0. The Bertz CT molecular complexity index is 1370. The van der Waals surface area contributed by atoms with Crippen LogP contribution in [0.4, 0.5) is 5.69 Å². The van der Waals surface area contributed by atoms with E-state index in [2.05, 4.69) is 21.4 Å². The van der Waals surface area contributed by atoms with E-state index in [1.165, 1.54) is 10.6 Å². The number of benzene rings is 2. The minimum atomic E-state index is -0.740. The van der Waals surface area contributed by atoms with Gasteiger partial charge in [0.15, 0.2) is 0 Å². The van der Waals surface area contributed by atoms with Crippen molar-refractivity contribution >= 4 is 23.2 Å². The molecule has 2 aromatic heterocycles. The number of rotatable bonds is 5. The van der Waals surface area contributed by atoms with E-state index in [4.69, 9.17) is 11.6 Å². The molecule has 8 heteroatoms. The first-order valence-corrected chi connectivity index (χ1v) is 10.2. The second-order valence-corrected chi connectivity index (χ2v) is 7.58. The van der Waals surface area contributed by atoms with E-state index in [1.54, 1.807) is 61.9 Å². The number of carbonyl (C=O) groups excluding carboxylic acids is 1. The normalized spacial score (nSPS) is 11.5. The third kappa shape index (κ3) is 4.31. The number of carbonyl (C=O) groups is 1. The molecule has 2 aromatic carbocycles. The van der Waals surface area contributed by atoms with Crippen LogP contribution in [0.15, 0.2) is 78.0 Å². The fourth-order valence-electron chi connectivity index (χ4n) is 3.34. The molecule has 0 radical (unpaired) electrons. The number of anilines is 1. The first kappa shape index (κ1) is 21.1. The summed E-state index contributed by atoms with van der Waals surface area (Å²) in [6.07, 6.45) is 4.95. The lowest BCUT2D eigenvalue weighted by atomic mass is 10.0. The topological polar surface area (TPSA) is 104 Å². The lowest BCUT2D eigenvalue weighted by molar-refractivity contribution is -0.118. The highest BCUT2D eigenvalue weighted by Crippen LogP contribution is 2.26. The Morgan fingerprint density at radius 2 is 1.94 bits per heavy atom. The first-order valence-electron chi connectivity index (χ1n) is 9.79. The first-order chi connectivity index (χ1) is 15.5. The number of hydrogen-bond donors (Lipinski definition) is 2. The van der Waals surface area contributed by atoms with Gasteiger partial charge in [-0.2, -0.15) is 5.26 Å². The molecule has 158 valence electrons.